The molecule has 0 unspecified atom stereocenters. The molecular formula is C17H24N2O. The molecular weight excluding hydrogens is 248 g/mol. The molecule has 3 heteroatoms. The molecule has 0 bridgehead atoms. The highest BCUT2D eigenvalue weighted by Crippen LogP contribution is 2.46. The Morgan fingerprint density at radius 1 is 1.20 bits per heavy atom. The summed E-state index contributed by atoms with van der Waals surface area (Å²) in [5.74, 6) is 1.82. The maximum atomic E-state index is 11.6. The van der Waals surface area contributed by atoms with Gasteiger partial charge in [0.15, 0.2) is 0 Å². The van der Waals surface area contributed by atoms with E-state index in [1.165, 1.54) is 31.4 Å². The zero-order valence-corrected chi connectivity index (χ0v) is 12.4. The molecule has 2 saturated carbocycles. The Bertz CT molecular complexity index is 492. The monoisotopic (exact) mass is 272 g/mol. The van der Waals surface area contributed by atoms with Gasteiger partial charge in [0.1, 0.15) is 0 Å². The van der Waals surface area contributed by atoms with Gasteiger partial charge in [-0.15, -0.1) is 0 Å². The first-order chi connectivity index (χ1) is 9.69. The molecule has 1 aromatic rings. The Morgan fingerprint density at radius 3 is 2.35 bits per heavy atom. The van der Waals surface area contributed by atoms with Crippen molar-refractivity contribution < 1.29 is 4.79 Å². The summed E-state index contributed by atoms with van der Waals surface area (Å²) in [6.45, 7) is 3.97. The smallest absolute Gasteiger partial charge is 0.224 e. The average Bonchev–Trinajstić information content (AvgIpc) is 3.31. The molecule has 3 rings (SSSR count). The van der Waals surface area contributed by atoms with E-state index in [9.17, 15) is 4.79 Å². The highest BCUT2D eigenvalue weighted by molar-refractivity contribution is 5.92. The minimum atomic E-state index is 0.0752. The SMILES string of the molecule is CCC(=O)Nc1cccc(NC(C2CC2)C2CC2)c1C. The second-order valence-electron chi connectivity index (χ2n) is 6.22. The van der Waals surface area contributed by atoms with E-state index < -0.39 is 0 Å². The summed E-state index contributed by atoms with van der Waals surface area (Å²) in [5, 5.41) is 6.74. The number of carbonyl (C=O) groups is 1. The molecule has 0 atom stereocenters. The summed E-state index contributed by atoms with van der Waals surface area (Å²) >= 11 is 0. The fraction of sp³-hybridized carbons (Fsp3) is 0.588. The number of anilines is 2. The van der Waals surface area contributed by atoms with Crippen LogP contribution in [0.2, 0.25) is 0 Å². The summed E-state index contributed by atoms with van der Waals surface area (Å²) in [7, 11) is 0. The highest BCUT2D eigenvalue weighted by atomic mass is 16.1. The van der Waals surface area contributed by atoms with Gasteiger partial charge in [-0.3, -0.25) is 4.79 Å². The summed E-state index contributed by atoms with van der Waals surface area (Å²) in [6.07, 6.45) is 6.02. The van der Waals surface area contributed by atoms with E-state index in [4.69, 9.17) is 0 Å². The average molecular weight is 272 g/mol. The summed E-state index contributed by atoms with van der Waals surface area (Å²) in [6, 6.07) is 6.79. The predicted octanol–water partition coefficient (Wildman–Crippen LogP) is 3.94. The van der Waals surface area contributed by atoms with Crippen LogP contribution >= 0.6 is 0 Å². The van der Waals surface area contributed by atoms with Gasteiger partial charge < -0.3 is 10.6 Å². The molecule has 0 heterocycles. The molecule has 2 N–H and O–H groups in total. The number of hydrogen-bond acceptors (Lipinski definition) is 2. The van der Waals surface area contributed by atoms with Gasteiger partial charge in [-0.1, -0.05) is 13.0 Å². The lowest BCUT2D eigenvalue weighted by molar-refractivity contribution is -0.115. The zero-order valence-electron chi connectivity index (χ0n) is 12.4. The zero-order chi connectivity index (χ0) is 14.1. The van der Waals surface area contributed by atoms with Crippen molar-refractivity contribution in [3.8, 4) is 0 Å². The largest absolute Gasteiger partial charge is 0.381 e. The lowest BCUT2D eigenvalue weighted by Gasteiger charge is -2.22. The minimum absolute atomic E-state index is 0.0752. The van der Waals surface area contributed by atoms with Crippen LogP contribution in [0.4, 0.5) is 11.4 Å². The van der Waals surface area contributed by atoms with Gasteiger partial charge in [-0.25, -0.2) is 0 Å². The second-order valence-corrected chi connectivity index (χ2v) is 6.22. The van der Waals surface area contributed by atoms with Gasteiger partial charge in [-0.05, 0) is 62.1 Å². The first-order valence-electron chi connectivity index (χ1n) is 7.85. The van der Waals surface area contributed by atoms with E-state index in [0.717, 1.165) is 23.1 Å². The molecule has 1 amide bonds. The Labute approximate surface area is 121 Å². The molecule has 3 nitrogen and oxygen atoms in total. The van der Waals surface area contributed by atoms with Crippen LogP contribution in [0.1, 0.15) is 44.6 Å². The van der Waals surface area contributed by atoms with Gasteiger partial charge in [0.05, 0.1) is 0 Å². The summed E-state index contributed by atoms with van der Waals surface area (Å²) in [5.41, 5.74) is 3.27. The van der Waals surface area contributed by atoms with Crippen molar-refractivity contribution in [2.75, 3.05) is 10.6 Å². The molecule has 2 aliphatic rings. The predicted molar refractivity (Wildman–Crippen MR) is 83.0 cm³/mol. The molecule has 0 spiro atoms. The Morgan fingerprint density at radius 2 is 1.80 bits per heavy atom. The van der Waals surface area contributed by atoms with Crippen LogP contribution in [-0.4, -0.2) is 11.9 Å². The van der Waals surface area contributed by atoms with E-state index in [1.54, 1.807) is 0 Å². The highest BCUT2D eigenvalue weighted by Gasteiger charge is 2.41. The number of amides is 1. The van der Waals surface area contributed by atoms with E-state index in [2.05, 4.69) is 23.6 Å². The summed E-state index contributed by atoms with van der Waals surface area (Å²) < 4.78 is 0. The molecule has 0 saturated heterocycles. The van der Waals surface area contributed by atoms with E-state index in [1.807, 2.05) is 19.1 Å². The van der Waals surface area contributed by atoms with E-state index >= 15 is 0 Å². The summed E-state index contributed by atoms with van der Waals surface area (Å²) in [4.78, 5) is 11.6. The lowest BCUT2D eigenvalue weighted by atomic mass is 10.1. The minimum Gasteiger partial charge on any atom is -0.381 e. The topological polar surface area (TPSA) is 41.1 Å². The van der Waals surface area contributed by atoms with Crippen LogP contribution in [0.25, 0.3) is 0 Å². The van der Waals surface area contributed by atoms with Gasteiger partial charge in [-0.2, -0.15) is 0 Å². The van der Waals surface area contributed by atoms with E-state index in [-0.39, 0.29) is 5.91 Å². The molecule has 2 fully saturated rings. The fourth-order valence-corrected chi connectivity index (χ4v) is 2.88. The standard InChI is InChI=1S/C17H24N2O/c1-3-16(20)18-14-5-4-6-15(11(14)2)19-17(12-7-8-12)13-9-10-13/h4-6,12-13,17,19H,3,7-10H2,1-2H3,(H,18,20). The Hall–Kier alpha value is -1.51. The quantitative estimate of drug-likeness (QED) is 0.823. The van der Waals surface area contributed by atoms with Gasteiger partial charge >= 0.3 is 0 Å². The third-order valence-corrected chi connectivity index (χ3v) is 4.51. The number of rotatable bonds is 6. The lowest BCUT2D eigenvalue weighted by Crippen LogP contribution is -2.25. The second kappa shape index (κ2) is 5.47. The van der Waals surface area contributed by atoms with Crippen molar-refractivity contribution in [1.29, 1.82) is 0 Å². The van der Waals surface area contributed by atoms with Crippen LogP contribution in [0.15, 0.2) is 18.2 Å². The van der Waals surface area contributed by atoms with Gasteiger partial charge in [0.2, 0.25) is 5.91 Å². The molecule has 0 aliphatic heterocycles. The van der Waals surface area contributed by atoms with Crippen LogP contribution in [0.5, 0.6) is 0 Å². The van der Waals surface area contributed by atoms with Crippen molar-refractivity contribution in [2.24, 2.45) is 11.8 Å². The third kappa shape index (κ3) is 2.97. The number of hydrogen-bond donors (Lipinski definition) is 2. The van der Waals surface area contributed by atoms with Gasteiger partial charge in [0, 0.05) is 23.8 Å². The third-order valence-electron chi connectivity index (χ3n) is 4.51. The first-order valence-corrected chi connectivity index (χ1v) is 7.85. The van der Waals surface area contributed by atoms with Crippen LogP contribution in [0, 0.1) is 18.8 Å². The molecule has 0 aromatic heterocycles. The number of carbonyl (C=O) groups excluding carboxylic acids is 1. The molecule has 1 aromatic carbocycles. The Balaban J connectivity index is 1.75. The first kappa shape index (κ1) is 13.5. The normalized spacial score (nSPS) is 18.1. The van der Waals surface area contributed by atoms with Crippen molar-refractivity contribution in [3.63, 3.8) is 0 Å². The van der Waals surface area contributed by atoms with Crippen molar-refractivity contribution in [3.05, 3.63) is 23.8 Å². The maximum absolute atomic E-state index is 11.6. The molecule has 0 radical (unpaired) electrons. The molecule has 108 valence electrons. The number of benzene rings is 1. The van der Waals surface area contributed by atoms with Gasteiger partial charge in [0.25, 0.3) is 0 Å². The molecule has 2 aliphatic carbocycles. The van der Waals surface area contributed by atoms with Crippen molar-refractivity contribution in [2.45, 2.75) is 52.0 Å². The van der Waals surface area contributed by atoms with Crippen LogP contribution in [0.3, 0.4) is 0 Å². The molecule has 20 heavy (non-hydrogen) atoms. The van der Waals surface area contributed by atoms with Crippen LogP contribution < -0.4 is 10.6 Å². The van der Waals surface area contributed by atoms with E-state index in [0.29, 0.717) is 12.5 Å². The number of nitrogens with one attached hydrogen (secondary N) is 2. The van der Waals surface area contributed by atoms with Crippen molar-refractivity contribution >= 4 is 17.3 Å². The fourth-order valence-electron chi connectivity index (χ4n) is 2.88. The Kier molecular flexibility index (Phi) is 3.68. The maximum Gasteiger partial charge on any atom is 0.224 e. The van der Waals surface area contributed by atoms with Crippen molar-refractivity contribution in [1.82, 2.24) is 0 Å². The van der Waals surface area contributed by atoms with Crippen LogP contribution in [-0.2, 0) is 4.79 Å².